The molecule has 1 amide bonds. The lowest BCUT2D eigenvalue weighted by Gasteiger charge is -2.33. The van der Waals surface area contributed by atoms with Crippen molar-refractivity contribution in [3.8, 4) is 0 Å². The first kappa shape index (κ1) is 19.5. The van der Waals surface area contributed by atoms with Gasteiger partial charge in [0.05, 0.1) is 17.5 Å². The van der Waals surface area contributed by atoms with Gasteiger partial charge in [0.25, 0.3) is 5.91 Å². The number of nitrogens with zero attached hydrogens (tertiary/aromatic N) is 5. The fraction of sp³-hybridized carbons (Fsp3) is 0.500. The first-order chi connectivity index (χ1) is 12.7. The molecule has 9 heteroatoms. The minimum atomic E-state index is -3.40. The number of amides is 1. The Morgan fingerprint density at radius 2 is 1.70 bits per heavy atom. The first-order valence-corrected chi connectivity index (χ1v) is 10.5. The van der Waals surface area contributed by atoms with Crippen LogP contribution in [0.25, 0.3) is 0 Å². The quantitative estimate of drug-likeness (QED) is 0.784. The number of hydrogen-bond donors (Lipinski definition) is 0. The largest absolute Gasteiger partial charge is 0.335 e. The fourth-order valence-corrected chi connectivity index (χ4v) is 4.41. The van der Waals surface area contributed by atoms with Crippen LogP contribution in [-0.2, 0) is 21.3 Å². The van der Waals surface area contributed by atoms with Gasteiger partial charge in [0.15, 0.2) is 5.69 Å². The molecule has 1 aliphatic rings. The summed E-state index contributed by atoms with van der Waals surface area (Å²) in [5.74, 6) is -0.243. The number of benzene rings is 1. The Kier molecular flexibility index (Phi) is 5.34. The van der Waals surface area contributed by atoms with E-state index >= 15 is 0 Å². The van der Waals surface area contributed by atoms with E-state index in [0.29, 0.717) is 13.1 Å². The molecule has 3 rings (SSSR count). The van der Waals surface area contributed by atoms with E-state index < -0.39 is 10.0 Å². The minimum absolute atomic E-state index is 0.0261. The molecule has 2 heterocycles. The van der Waals surface area contributed by atoms with Crippen LogP contribution in [0.2, 0.25) is 0 Å². The van der Waals surface area contributed by atoms with E-state index in [4.69, 9.17) is 0 Å². The summed E-state index contributed by atoms with van der Waals surface area (Å²) in [5.41, 5.74) is 0.788. The Hall–Kier alpha value is -2.26. The Bertz CT molecular complexity index is 895. The molecule has 1 aliphatic heterocycles. The fourth-order valence-electron chi connectivity index (χ4n) is 2.90. The molecule has 2 aromatic rings. The van der Waals surface area contributed by atoms with E-state index in [9.17, 15) is 13.2 Å². The Labute approximate surface area is 159 Å². The summed E-state index contributed by atoms with van der Waals surface area (Å²) in [4.78, 5) is 14.3. The third-order valence-electron chi connectivity index (χ3n) is 4.51. The van der Waals surface area contributed by atoms with Crippen LogP contribution in [0.1, 0.15) is 36.8 Å². The van der Waals surface area contributed by atoms with Crippen LogP contribution in [0.3, 0.4) is 0 Å². The van der Waals surface area contributed by atoms with Crippen LogP contribution >= 0.6 is 0 Å². The SMILES string of the molecule is CC(C)(C)n1cc(C(=O)N2CCN(S(=O)(=O)Cc3ccccc3)CC2)nn1. The maximum atomic E-state index is 12.6. The molecule has 146 valence electrons. The molecule has 27 heavy (non-hydrogen) atoms. The van der Waals surface area contributed by atoms with Crippen molar-refractivity contribution in [3.63, 3.8) is 0 Å². The number of piperazine rings is 1. The number of carbonyl (C=O) groups is 1. The normalized spacial score (nSPS) is 16.5. The van der Waals surface area contributed by atoms with Gasteiger partial charge in [-0.1, -0.05) is 35.5 Å². The zero-order valence-corrected chi connectivity index (χ0v) is 16.7. The van der Waals surface area contributed by atoms with Gasteiger partial charge in [0.1, 0.15) is 0 Å². The molecular weight excluding hydrogens is 366 g/mol. The van der Waals surface area contributed by atoms with Crippen LogP contribution < -0.4 is 0 Å². The molecule has 0 spiro atoms. The molecule has 0 radical (unpaired) electrons. The van der Waals surface area contributed by atoms with Gasteiger partial charge in [0.2, 0.25) is 10.0 Å². The van der Waals surface area contributed by atoms with Crippen molar-refractivity contribution in [3.05, 3.63) is 47.8 Å². The highest BCUT2D eigenvalue weighted by molar-refractivity contribution is 7.88. The second-order valence-corrected chi connectivity index (χ2v) is 9.62. The maximum absolute atomic E-state index is 12.6. The van der Waals surface area contributed by atoms with E-state index in [0.717, 1.165) is 5.56 Å². The molecule has 1 aromatic heterocycles. The topological polar surface area (TPSA) is 88.4 Å². The number of hydrogen-bond acceptors (Lipinski definition) is 5. The number of rotatable bonds is 4. The van der Waals surface area contributed by atoms with Gasteiger partial charge in [-0.3, -0.25) is 4.79 Å². The summed E-state index contributed by atoms with van der Waals surface area (Å²) in [6.07, 6.45) is 1.64. The van der Waals surface area contributed by atoms with Crippen LogP contribution in [-0.4, -0.2) is 64.7 Å². The Balaban J connectivity index is 1.61. The summed E-state index contributed by atoms with van der Waals surface area (Å²) < 4.78 is 28.3. The van der Waals surface area contributed by atoms with Gasteiger partial charge in [-0.25, -0.2) is 13.1 Å². The molecule has 1 fully saturated rings. The van der Waals surface area contributed by atoms with Gasteiger partial charge >= 0.3 is 0 Å². The van der Waals surface area contributed by atoms with E-state index in [1.165, 1.54) is 4.31 Å². The van der Waals surface area contributed by atoms with Crippen LogP contribution in [0.4, 0.5) is 0 Å². The lowest BCUT2D eigenvalue weighted by Crippen LogP contribution is -2.50. The summed E-state index contributed by atoms with van der Waals surface area (Å²) in [6.45, 7) is 7.19. The number of sulfonamides is 1. The summed E-state index contributed by atoms with van der Waals surface area (Å²) in [7, 11) is -3.40. The molecule has 0 unspecified atom stereocenters. The van der Waals surface area contributed by atoms with E-state index in [1.54, 1.807) is 27.9 Å². The molecule has 1 saturated heterocycles. The van der Waals surface area contributed by atoms with Gasteiger partial charge in [-0.05, 0) is 26.3 Å². The Morgan fingerprint density at radius 1 is 1.07 bits per heavy atom. The lowest BCUT2D eigenvalue weighted by atomic mass is 10.1. The molecule has 8 nitrogen and oxygen atoms in total. The van der Waals surface area contributed by atoms with Crippen molar-refractivity contribution >= 4 is 15.9 Å². The van der Waals surface area contributed by atoms with Crippen molar-refractivity contribution in [1.82, 2.24) is 24.2 Å². The highest BCUT2D eigenvalue weighted by atomic mass is 32.2. The van der Waals surface area contributed by atoms with E-state index in [-0.39, 0.29) is 36.0 Å². The van der Waals surface area contributed by atoms with Crippen molar-refractivity contribution in [2.75, 3.05) is 26.2 Å². The van der Waals surface area contributed by atoms with Crippen LogP contribution in [0, 0.1) is 0 Å². The minimum Gasteiger partial charge on any atom is -0.335 e. The molecular formula is C18H25N5O3S. The molecule has 0 aliphatic carbocycles. The zero-order chi connectivity index (χ0) is 19.7. The lowest BCUT2D eigenvalue weighted by molar-refractivity contribution is 0.0691. The predicted octanol–water partition coefficient (Wildman–Crippen LogP) is 1.32. The smallest absolute Gasteiger partial charge is 0.276 e. The molecule has 0 saturated carbocycles. The van der Waals surface area contributed by atoms with Crippen molar-refractivity contribution in [2.45, 2.75) is 32.1 Å². The zero-order valence-electron chi connectivity index (χ0n) is 15.9. The van der Waals surface area contributed by atoms with Crippen LogP contribution in [0.5, 0.6) is 0 Å². The van der Waals surface area contributed by atoms with Crippen LogP contribution in [0.15, 0.2) is 36.5 Å². The summed E-state index contributed by atoms with van der Waals surface area (Å²) >= 11 is 0. The third kappa shape index (κ3) is 4.54. The summed E-state index contributed by atoms with van der Waals surface area (Å²) in [5, 5.41) is 7.99. The van der Waals surface area contributed by atoms with Gasteiger partial charge in [-0.2, -0.15) is 4.31 Å². The average Bonchev–Trinajstić information content (AvgIpc) is 3.12. The summed E-state index contributed by atoms with van der Waals surface area (Å²) in [6, 6.07) is 9.11. The van der Waals surface area contributed by atoms with Gasteiger partial charge in [0, 0.05) is 26.2 Å². The molecule has 1 aromatic carbocycles. The van der Waals surface area contributed by atoms with E-state index in [1.807, 2.05) is 39.0 Å². The van der Waals surface area contributed by atoms with Crippen molar-refractivity contribution in [1.29, 1.82) is 0 Å². The highest BCUT2D eigenvalue weighted by Crippen LogP contribution is 2.16. The standard InChI is InChI=1S/C18H25N5O3S/c1-18(2,3)23-13-16(19-20-23)17(24)21-9-11-22(12-10-21)27(25,26)14-15-7-5-4-6-8-15/h4-8,13H,9-12,14H2,1-3H3. The molecule has 0 N–H and O–H groups in total. The van der Waals surface area contributed by atoms with E-state index in [2.05, 4.69) is 10.3 Å². The number of carbonyl (C=O) groups excluding carboxylic acids is 1. The maximum Gasteiger partial charge on any atom is 0.276 e. The Morgan fingerprint density at radius 3 is 2.26 bits per heavy atom. The molecule has 0 bridgehead atoms. The molecule has 0 atom stereocenters. The predicted molar refractivity (Wildman–Crippen MR) is 102 cm³/mol. The second kappa shape index (κ2) is 7.40. The van der Waals surface area contributed by atoms with Gasteiger partial charge in [-0.15, -0.1) is 5.10 Å². The number of aromatic nitrogens is 3. The van der Waals surface area contributed by atoms with Gasteiger partial charge < -0.3 is 4.90 Å². The third-order valence-corrected chi connectivity index (χ3v) is 6.36. The van der Waals surface area contributed by atoms with Crippen molar-refractivity contribution < 1.29 is 13.2 Å². The average molecular weight is 391 g/mol. The van der Waals surface area contributed by atoms with Crippen molar-refractivity contribution in [2.24, 2.45) is 0 Å². The second-order valence-electron chi connectivity index (χ2n) is 7.65. The first-order valence-electron chi connectivity index (χ1n) is 8.91. The highest BCUT2D eigenvalue weighted by Gasteiger charge is 2.30. The monoisotopic (exact) mass is 391 g/mol.